The Morgan fingerprint density at radius 3 is 2.37 bits per heavy atom. The van der Waals surface area contributed by atoms with Crippen molar-refractivity contribution < 1.29 is 19.0 Å². The lowest BCUT2D eigenvalue weighted by Gasteiger charge is -2.35. The summed E-state index contributed by atoms with van der Waals surface area (Å²) < 4.78 is 16.4. The van der Waals surface area contributed by atoms with Gasteiger partial charge in [-0.25, -0.2) is 5.43 Å². The molecule has 1 heterocycles. The molecule has 1 aliphatic carbocycles. The van der Waals surface area contributed by atoms with E-state index in [1.54, 1.807) is 45.6 Å². The fourth-order valence-corrected chi connectivity index (χ4v) is 5.40. The smallest absolute Gasteiger partial charge is 0.271 e. The van der Waals surface area contributed by atoms with Crippen LogP contribution in [0.4, 0.5) is 0 Å². The Labute approximate surface area is 223 Å². The average molecular weight is 512 g/mol. The van der Waals surface area contributed by atoms with Crippen molar-refractivity contribution in [2.45, 2.75) is 44.6 Å². The molecule has 2 atom stereocenters. The number of methoxy groups -OCH3 is 3. The zero-order chi connectivity index (χ0) is 26.6. The minimum absolute atomic E-state index is 0.256. The second-order valence-electron chi connectivity index (χ2n) is 9.68. The monoisotopic (exact) mass is 511 g/mol. The summed E-state index contributed by atoms with van der Waals surface area (Å²) in [5, 5.41) is 4.37. The topological polar surface area (TPSA) is 81.5 Å². The zero-order valence-electron chi connectivity index (χ0n) is 22.3. The van der Waals surface area contributed by atoms with Gasteiger partial charge in [0.25, 0.3) is 5.91 Å². The number of nitrogens with one attached hydrogen (secondary N) is 1. The fourth-order valence-electron chi connectivity index (χ4n) is 5.40. The van der Waals surface area contributed by atoms with Crippen LogP contribution in [0.3, 0.4) is 0 Å². The number of hydrogen-bond acceptors (Lipinski definition) is 6. The maximum absolute atomic E-state index is 12.6. The van der Waals surface area contributed by atoms with E-state index in [0.29, 0.717) is 28.7 Å². The van der Waals surface area contributed by atoms with E-state index in [-0.39, 0.29) is 11.9 Å². The van der Waals surface area contributed by atoms with Gasteiger partial charge in [0.15, 0.2) is 11.5 Å². The van der Waals surface area contributed by atoms with Crippen molar-refractivity contribution in [1.82, 2.24) is 5.43 Å². The lowest BCUT2D eigenvalue weighted by molar-refractivity contribution is 0.0955. The SMILES string of the molecule is COc1ccc(C(=O)NN=C(C)c2cccc(C3=N[C@@H]4CCCC[C@@H]4c4cc(OC)c(OC)cc43)c2)cc1. The van der Waals surface area contributed by atoms with Crippen LogP contribution in [0.5, 0.6) is 17.2 Å². The maximum Gasteiger partial charge on any atom is 0.271 e. The number of amides is 1. The molecule has 0 aromatic heterocycles. The third kappa shape index (κ3) is 5.01. The molecule has 38 heavy (non-hydrogen) atoms. The third-order valence-electron chi connectivity index (χ3n) is 7.47. The van der Waals surface area contributed by atoms with Crippen LogP contribution in [0.15, 0.2) is 70.8 Å². The Bertz CT molecular complexity index is 1390. The van der Waals surface area contributed by atoms with Gasteiger partial charge < -0.3 is 14.2 Å². The molecular formula is C31H33N3O4. The second kappa shape index (κ2) is 11.1. The van der Waals surface area contributed by atoms with Crippen molar-refractivity contribution in [3.05, 3.63) is 88.5 Å². The third-order valence-corrected chi connectivity index (χ3v) is 7.47. The molecule has 5 rings (SSSR count). The van der Waals surface area contributed by atoms with Gasteiger partial charge in [-0.2, -0.15) is 5.10 Å². The Balaban J connectivity index is 1.45. The number of benzene rings is 3. The van der Waals surface area contributed by atoms with E-state index >= 15 is 0 Å². The summed E-state index contributed by atoms with van der Waals surface area (Å²) >= 11 is 0. The molecule has 1 N–H and O–H groups in total. The van der Waals surface area contributed by atoms with Gasteiger partial charge >= 0.3 is 0 Å². The summed E-state index contributed by atoms with van der Waals surface area (Å²) in [6.07, 6.45) is 4.62. The van der Waals surface area contributed by atoms with Crippen molar-refractivity contribution in [2.75, 3.05) is 21.3 Å². The summed E-state index contributed by atoms with van der Waals surface area (Å²) in [6.45, 7) is 1.88. The highest BCUT2D eigenvalue weighted by Gasteiger charge is 2.34. The van der Waals surface area contributed by atoms with Gasteiger partial charge in [0.05, 0.1) is 38.8 Å². The zero-order valence-corrected chi connectivity index (χ0v) is 22.3. The lowest BCUT2D eigenvalue weighted by atomic mass is 9.75. The first-order valence-corrected chi connectivity index (χ1v) is 13.0. The Hall–Kier alpha value is -4.13. The number of hydrazone groups is 1. The van der Waals surface area contributed by atoms with E-state index in [0.717, 1.165) is 41.0 Å². The van der Waals surface area contributed by atoms with Gasteiger partial charge in [0.1, 0.15) is 5.75 Å². The maximum atomic E-state index is 12.6. The van der Waals surface area contributed by atoms with Crippen molar-refractivity contribution in [3.8, 4) is 17.2 Å². The highest BCUT2D eigenvalue weighted by Crippen LogP contribution is 2.44. The Morgan fingerprint density at radius 2 is 1.63 bits per heavy atom. The molecule has 0 radical (unpaired) electrons. The first kappa shape index (κ1) is 25.5. The molecule has 0 spiro atoms. The normalized spacial score (nSPS) is 18.5. The molecule has 2 aliphatic rings. The number of nitrogens with zero attached hydrogens (tertiary/aromatic N) is 2. The molecule has 1 amide bonds. The first-order valence-electron chi connectivity index (χ1n) is 13.0. The number of carbonyl (C=O) groups is 1. The van der Waals surface area contributed by atoms with Crippen molar-refractivity contribution >= 4 is 17.3 Å². The summed E-state index contributed by atoms with van der Waals surface area (Å²) in [7, 11) is 4.93. The highest BCUT2D eigenvalue weighted by molar-refractivity contribution is 6.16. The number of fused-ring (bicyclic) bond motifs is 3. The molecule has 0 bridgehead atoms. The van der Waals surface area contributed by atoms with E-state index in [1.807, 2.05) is 19.1 Å². The molecule has 1 aliphatic heterocycles. The minimum Gasteiger partial charge on any atom is -0.497 e. The van der Waals surface area contributed by atoms with Gasteiger partial charge in [-0.05, 0) is 73.4 Å². The largest absolute Gasteiger partial charge is 0.497 e. The molecule has 1 fully saturated rings. The van der Waals surface area contributed by atoms with Gasteiger partial charge in [0.2, 0.25) is 0 Å². The molecule has 0 unspecified atom stereocenters. The fraction of sp³-hybridized carbons (Fsp3) is 0.323. The predicted molar refractivity (Wildman–Crippen MR) is 149 cm³/mol. The van der Waals surface area contributed by atoms with Gasteiger partial charge in [-0.15, -0.1) is 0 Å². The Morgan fingerprint density at radius 1 is 0.895 bits per heavy atom. The summed E-state index contributed by atoms with van der Waals surface area (Å²) in [5.41, 5.74) is 9.12. The van der Waals surface area contributed by atoms with Gasteiger partial charge in [-0.3, -0.25) is 9.79 Å². The van der Waals surface area contributed by atoms with Crippen molar-refractivity contribution in [2.24, 2.45) is 10.1 Å². The predicted octanol–water partition coefficient (Wildman–Crippen LogP) is 5.74. The number of carbonyl (C=O) groups excluding carboxylic acids is 1. The van der Waals surface area contributed by atoms with Crippen LogP contribution in [0.2, 0.25) is 0 Å². The quantitative estimate of drug-likeness (QED) is 0.324. The molecule has 196 valence electrons. The summed E-state index contributed by atoms with van der Waals surface area (Å²) in [5.74, 6) is 2.26. The van der Waals surface area contributed by atoms with Crippen LogP contribution in [0.1, 0.15) is 71.1 Å². The van der Waals surface area contributed by atoms with Crippen LogP contribution >= 0.6 is 0 Å². The van der Waals surface area contributed by atoms with Crippen molar-refractivity contribution in [1.29, 1.82) is 0 Å². The molecular weight excluding hydrogens is 478 g/mol. The molecule has 7 heteroatoms. The van der Waals surface area contributed by atoms with E-state index < -0.39 is 0 Å². The van der Waals surface area contributed by atoms with E-state index in [1.165, 1.54) is 18.4 Å². The van der Waals surface area contributed by atoms with E-state index in [9.17, 15) is 4.79 Å². The molecule has 0 saturated heterocycles. The Kier molecular flexibility index (Phi) is 7.45. The van der Waals surface area contributed by atoms with Crippen LogP contribution in [-0.2, 0) is 0 Å². The van der Waals surface area contributed by atoms with Gasteiger partial charge in [0, 0.05) is 22.6 Å². The van der Waals surface area contributed by atoms with Crippen LogP contribution in [0.25, 0.3) is 0 Å². The number of ether oxygens (including phenoxy) is 3. The first-order chi connectivity index (χ1) is 18.5. The standard InChI is InChI=1S/C31H33N3O4/c1-19(33-34-31(35)20-12-14-23(36-2)15-13-20)21-8-7-9-22(16-21)30-26-18-29(38-4)28(37-3)17-25(26)24-10-5-6-11-27(24)32-30/h7-9,12-18,24,27H,5-6,10-11H2,1-4H3,(H,34,35)/t24-,27-/m1/s1. The number of rotatable bonds is 7. The minimum atomic E-state index is -0.280. The molecule has 7 nitrogen and oxygen atoms in total. The van der Waals surface area contributed by atoms with Crippen LogP contribution in [-0.4, -0.2) is 44.7 Å². The van der Waals surface area contributed by atoms with Crippen LogP contribution in [0, 0.1) is 0 Å². The molecule has 3 aromatic rings. The second-order valence-corrected chi connectivity index (χ2v) is 9.68. The van der Waals surface area contributed by atoms with Crippen molar-refractivity contribution in [3.63, 3.8) is 0 Å². The van der Waals surface area contributed by atoms with Gasteiger partial charge in [-0.1, -0.05) is 31.0 Å². The molecule has 3 aromatic carbocycles. The molecule has 1 saturated carbocycles. The lowest BCUT2D eigenvalue weighted by Crippen LogP contribution is -2.29. The number of hydrogen-bond donors (Lipinski definition) is 1. The average Bonchev–Trinajstić information content (AvgIpc) is 2.98. The summed E-state index contributed by atoms with van der Waals surface area (Å²) in [6, 6.07) is 19.5. The highest BCUT2D eigenvalue weighted by atomic mass is 16.5. The summed E-state index contributed by atoms with van der Waals surface area (Å²) in [4.78, 5) is 17.9. The van der Waals surface area contributed by atoms with E-state index in [2.05, 4.69) is 34.8 Å². The van der Waals surface area contributed by atoms with E-state index in [4.69, 9.17) is 19.2 Å². The number of aliphatic imine (C=N–C) groups is 1. The van der Waals surface area contributed by atoms with Crippen LogP contribution < -0.4 is 19.6 Å².